The van der Waals surface area contributed by atoms with Crippen LogP contribution in [0.5, 0.6) is 0 Å². The molecule has 0 bridgehead atoms. The molecule has 1 aliphatic rings. The van der Waals surface area contributed by atoms with Crippen LogP contribution >= 0.6 is 36.2 Å². The molecule has 1 aliphatic heterocycles. The number of rotatable bonds is 6. The van der Waals surface area contributed by atoms with E-state index in [-0.39, 0.29) is 30.7 Å². The van der Waals surface area contributed by atoms with Crippen LogP contribution in [0.25, 0.3) is 0 Å². The largest absolute Gasteiger partial charge is 0.356 e. The highest BCUT2D eigenvalue weighted by atomic mass is 35.5. The molecule has 23 heavy (non-hydrogen) atoms. The smallest absolute Gasteiger partial charge is 0.220 e. The van der Waals surface area contributed by atoms with E-state index in [1.54, 1.807) is 11.3 Å². The Labute approximate surface area is 156 Å². The number of halogens is 2. The van der Waals surface area contributed by atoms with Gasteiger partial charge in [-0.15, -0.1) is 36.2 Å². The Balaban J connectivity index is 0.00000242. The van der Waals surface area contributed by atoms with Crippen molar-refractivity contribution in [2.45, 2.75) is 46.5 Å². The minimum atomic E-state index is 0. The standard InChI is InChI=1S/C16H27N3OS.2ClH/c1-11(14-5-4-7-17-10-14)9-15(20)18-8-6-16-19-12(2)13(3)21-16;;/h11,14,17H,4-10H2,1-3H3,(H,18,20);2*1H. The molecule has 4 nitrogen and oxygen atoms in total. The Morgan fingerprint density at radius 2 is 2.17 bits per heavy atom. The van der Waals surface area contributed by atoms with E-state index in [4.69, 9.17) is 0 Å². The van der Waals surface area contributed by atoms with Crippen molar-refractivity contribution >= 4 is 42.1 Å². The molecule has 2 atom stereocenters. The molecule has 2 rings (SSSR count). The molecular weight excluding hydrogens is 353 g/mol. The number of hydrogen-bond acceptors (Lipinski definition) is 4. The van der Waals surface area contributed by atoms with E-state index >= 15 is 0 Å². The van der Waals surface area contributed by atoms with Gasteiger partial charge in [-0.1, -0.05) is 6.92 Å². The van der Waals surface area contributed by atoms with E-state index in [1.807, 2.05) is 6.92 Å². The minimum Gasteiger partial charge on any atom is -0.356 e. The molecule has 2 N–H and O–H groups in total. The van der Waals surface area contributed by atoms with Crippen molar-refractivity contribution in [2.24, 2.45) is 11.8 Å². The van der Waals surface area contributed by atoms with Gasteiger partial charge in [0.15, 0.2) is 0 Å². The van der Waals surface area contributed by atoms with Crippen LogP contribution in [0.1, 0.15) is 41.8 Å². The summed E-state index contributed by atoms with van der Waals surface area (Å²) in [4.78, 5) is 17.8. The van der Waals surface area contributed by atoms with E-state index in [9.17, 15) is 4.79 Å². The van der Waals surface area contributed by atoms with Crippen molar-refractivity contribution in [3.8, 4) is 0 Å². The lowest BCUT2D eigenvalue weighted by Gasteiger charge is -2.28. The van der Waals surface area contributed by atoms with Crippen LogP contribution in [0.15, 0.2) is 0 Å². The third-order valence-corrected chi connectivity index (χ3v) is 5.51. The summed E-state index contributed by atoms with van der Waals surface area (Å²) in [5, 5.41) is 7.58. The van der Waals surface area contributed by atoms with E-state index in [1.165, 1.54) is 17.7 Å². The van der Waals surface area contributed by atoms with Crippen LogP contribution in [-0.4, -0.2) is 30.5 Å². The number of carbonyl (C=O) groups is 1. The molecule has 1 aromatic heterocycles. The molecule has 0 aromatic carbocycles. The van der Waals surface area contributed by atoms with Gasteiger partial charge in [0, 0.05) is 24.3 Å². The van der Waals surface area contributed by atoms with Gasteiger partial charge in [0.1, 0.15) is 0 Å². The molecule has 1 fully saturated rings. The van der Waals surface area contributed by atoms with Gasteiger partial charge < -0.3 is 10.6 Å². The van der Waals surface area contributed by atoms with Crippen LogP contribution < -0.4 is 10.6 Å². The number of carbonyl (C=O) groups excluding carboxylic acids is 1. The number of nitrogens with zero attached hydrogens (tertiary/aromatic N) is 1. The lowest BCUT2D eigenvalue weighted by molar-refractivity contribution is -0.122. The molecule has 134 valence electrons. The molecule has 1 saturated heterocycles. The SMILES string of the molecule is Cc1nc(CCNC(=O)CC(C)C2CCCNC2)sc1C.Cl.Cl. The summed E-state index contributed by atoms with van der Waals surface area (Å²) in [5.41, 5.74) is 1.11. The van der Waals surface area contributed by atoms with Gasteiger partial charge in [0.2, 0.25) is 5.91 Å². The quantitative estimate of drug-likeness (QED) is 0.794. The summed E-state index contributed by atoms with van der Waals surface area (Å²) in [6, 6.07) is 0. The Kier molecular flexibility index (Phi) is 11.1. The second-order valence-electron chi connectivity index (χ2n) is 6.14. The fraction of sp³-hybridized carbons (Fsp3) is 0.750. The third-order valence-electron chi connectivity index (χ3n) is 4.38. The second-order valence-corrected chi connectivity index (χ2v) is 7.42. The zero-order valence-electron chi connectivity index (χ0n) is 14.2. The second kappa shape index (κ2) is 11.2. The molecule has 7 heteroatoms. The monoisotopic (exact) mass is 381 g/mol. The molecule has 0 spiro atoms. The van der Waals surface area contributed by atoms with E-state index in [0.29, 0.717) is 24.8 Å². The Morgan fingerprint density at radius 1 is 1.43 bits per heavy atom. The van der Waals surface area contributed by atoms with Gasteiger partial charge >= 0.3 is 0 Å². The maximum absolute atomic E-state index is 12.0. The number of piperidine rings is 1. The van der Waals surface area contributed by atoms with E-state index in [0.717, 1.165) is 30.2 Å². The summed E-state index contributed by atoms with van der Waals surface area (Å²) in [7, 11) is 0. The van der Waals surface area contributed by atoms with Crippen LogP contribution in [0.4, 0.5) is 0 Å². The normalized spacial score (nSPS) is 18.5. The summed E-state index contributed by atoms with van der Waals surface area (Å²) in [5.74, 6) is 1.29. The molecule has 0 radical (unpaired) electrons. The van der Waals surface area contributed by atoms with Gasteiger partial charge in [-0.3, -0.25) is 4.79 Å². The number of amides is 1. The first-order chi connectivity index (χ1) is 10.1. The molecule has 0 saturated carbocycles. The number of aryl methyl sites for hydroxylation is 2. The van der Waals surface area contributed by atoms with E-state index in [2.05, 4.69) is 29.5 Å². The molecule has 0 aliphatic carbocycles. The van der Waals surface area contributed by atoms with Gasteiger partial charge in [-0.05, 0) is 51.6 Å². The first-order valence-electron chi connectivity index (χ1n) is 7.96. The molecule has 1 amide bonds. The lowest BCUT2D eigenvalue weighted by Crippen LogP contribution is -2.36. The van der Waals surface area contributed by atoms with Crippen molar-refractivity contribution in [3.05, 3.63) is 15.6 Å². The summed E-state index contributed by atoms with van der Waals surface area (Å²) in [6.07, 6.45) is 3.96. The average Bonchev–Trinajstić information content (AvgIpc) is 2.78. The Hall–Kier alpha value is -0.360. The summed E-state index contributed by atoms with van der Waals surface area (Å²) < 4.78 is 0. The van der Waals surface area contributed by atoms with Gasteiger partial charge in [-0.25, -0.2) is 4.98 Å². The van der Waals surface area contributed by atoms with Crippen molar-refractivity contribution in [1.82, 2.24) is 15.6 Å². The molecule has 2 heterocycles. The lowest BCUT2D eigenvalue weighted by atomic mass is 9.85. The van der Waals surface area contributed by atoms with Crippen LogP contribution in [0.2, 0.25) is 0 Å². The zero-order chi connectivity index (χ0) is 15.2. The summed E-state index contributed by atoms with van der Waals surface area (Å²) >= 11 is 1.73. The number of thiazole rings is 1. The molecular formula is C16H29Cl2N3OS. The highest BCUT2D eigenvalue weighted by Crippen LogP contribution is 2.22. The highest BCUT2D eigenvalue weighted by Gasteiger charge is 2.21. The van der Waals surface area contributed by atoms with Crippen molar-refractivity contribution < 1.29 is 4.79 Å². The first kappa shape index (κ1) is 22.6. The minimum absolute atomic E-state index is 0. The van der Waals surface area contributed by atoms with Crippen LogP contribution in [0, 0.1) is 25.7 Å². The van der Waals surface area contributed by atoms with Crippen LogP contribution in [0.3, 0.4) is 0 Å². The number of aromatic nitrogens is 1. The number of hydrogen-bond donors (Lipinski definition) is 2. The van der Waals surface area contributed by atoms with E-state index < -0.39 is 0 Å². The fourth-order valence-electron chi connectivity index (χ4n) is 2.85. The first-order valence-corrected chi connectivity index (χ1v) is 8.78. The third kappa shape index (κ3) is 7.38. The van der Waals surface area contributed by atoms with Crippen LogP contribution in [-0.2, 0) is 11.2 Å². The van der Waals surface area contributed by atoms with Gasteiger partial charge in [0.05, 0.1) is 10.7 Å². The predicted molar refractivity (Wildman–Crippen MR) is 102 cm³/mol. The average molecular weight is 382 g/mol. The topological polar surface area (TPSA) is 54.0 Å². The van der Waals surface area contributed by atoms with Crippen molar-refractivity contribution in [2.75, 3.05) is 19.6 Å². The van der Waals surface area contributed by atoms with Crippen molar-refractivity contribution in [3.63, 3.8) is 0 Å². The fourth-order valence-corrected chi connectivity index (χ4v) is 3.78. The Morgan fingerprint density at radius 3 is 2.74 bits per heavy atom. The Bertz CT molecular complexity index is 456. The molecule has 1 aromatic rings. The maximum Gasteiger partial charge on any atom is 0.220 e. The zero-order valence-corrected chi connectivity index (χ0v) is 16.6. The van der Waals surface area contributed by atoms with Gasteiger partial charge in [-0.2, -0.15) is 0 Å². The summed E-state index contributed by atoms with van der Waals surface area (Å²) in [6.45, 7) is 9.21. The molecule has 2 unspecified atom stereocenters. The predicted octanol–water partition coefficient (Wildman–Crippen LogP) is 3.29. The van der Waals surface area contributed by atoms with Crippen molar-refractivity contribution in [1.29, 1.82) is 0 Å². The number of nitrogens with one attached hydrogen (secondary N) is 2. The highest BCUT2D eigenvalue weighted by molar-refractivity contribution is 7.11. The maximum atomic E-state index is 12.0. The van der Waals surface area contributed by atoms with Gasteiger partial charge in [0.25, 0.3) is 0 Å².